The Kier molecular flexibility index (Phi) is 3.74. The topological polar surface area (TPSA) is 46.5 Å². The number of aliphatic hydroxyl groups excluding tert-OH is 1. The van der Waals surface area contributed by atoms with E-state index in [1.807, 2.05) is 6.07 Å². The van der Waals surface area contributed by atoms with E-state index < -0.39 is 18.2 Å². The Balaban J connectivity index is 1.81. The Morgan fingerprint density at radius 3 is 2.65 bits per heavy atom. The van der Waals surface area contributed by atoms with Crippen LogP contribution in [0.15, 0.2) is 30.3 Å². The van der Waals surface area contributed by atoms with Crippen molar-refractivity contribution in [2.24, 2.45) is 5.92 Å². The predicted molar refractivity (Wildman–Crippen MR) is 60.4 cm³/mol. The van der Waals surface area contributed by atoms with Gasteiger partial charge in [0, 0.05) is 0 Å². The molecular weight excluding hydrogens is 223 g/mol. The normalized spacial score (nSPS) is 28.0. The molecule has 17 heavy (non-hydrogen) atoms. The van der Waals surface area contributed by atoms with E-state index in [2.05, 4.69) is 0 Å². The molecule has 0 aromatic heterocycles. The third-order valence-corrected chi connectivity index (χ3v) is 3.01. The van der Waals surface area contributed by atoms with Gasteiger partial charge in [-0.2, -0.15) is 0 Å². The standard InChI is InChI=1S/C13H15FO3/c14-11-6-9(7-12(11)15)8-17-13(16)10-4-2-1-3-5-10/h1-5,9,11-12,15H,6-8H2/t9-,11-,12?/m0/s1. The molecule has 3 nitrogen and oxygen atoms in total. The molecule has 1 aromatic carbocycles. The van der Waals surface area contributed by atoms with E-state index in [0.29, 0.717) is 12.0 Å². The van der Waals surface area contributed by atoms with Crippen LogP contribution in [0, 0.1) is 5.92 Å². The second kappa shape index (κ2) is 5.27. The summed E-state index contributed by atoms with van der Waals surface area (Å²) < 4.78 is 18.1. The first-order chi connectivity index (χ1) is 8.16. The zero-order valence-corrected chi connectivity index (χ0v) is 9.38. The van der Waals surface area contributed by atoms with Crippen molar-refractivity contribution in [1.29, 1.82) is 0 Å². The van der Waals surface area contributed by atoms with Crippen LogP contribution in [0.2, 0.25) is 0 Å². The highest BCUT2D eigenvalue weighted by molar-refractivity contribution is 5.89. The zero-order valence-electron chi connectivity index (χ0n) is 9.38. The SMILES string of the molecule is O=C(OC[C@@H]1CC(O)[C@@H](F)C1)c1ccccc1. The molecule has 1 unspecified atom stereocenters. The smallest absolute Gasteiger partial charge is 0.338 e. The maximum absolute atomic E-state index is 13.0. The largest absolute Gasteiger partial charge is 0.462 e. The summed E-state index contributed by atoms with van der Waals surface area (Å²) in [7, 11) is 0. The van der Waals surface area contributed by atoms with Gasteiger partial charge in [0.1, 0.15) is 6.17 Å². The maximum Gasteiger partial charge on any atom is 0.338 e. The monoisotopic (exact) mass is 238 g/mol. The maximum atomic E-state index is 13.0. The fourth-order valence-corrected chi connectivity index (χ4v) is 2.05. The molecule has 0 amide bonds. The summed E-state index contributed by atoms with van der Waals surface area (Å²) in [6, 6.07) is 8.67. The number of carbonyl (C=O) groups excluding carboxylic acids is 1. The average molecular weight is 238 g/mol. The van der Waals surface area contributed by atoms with Gasteiger partial charge in [0.05, 0.1) is 18.3 Å². The van der Waals surface area contributed by atoms with Crippen LogP contribution >= 0.6 is 0 Å². The molecule has 1 saturated carbocycles. The van der Waals surface area contributed by atoms with Gasteiger partial charge in [-0.25, -0.2) is 9.18 Å². The lowest BCUT2D eigenvalue weighted by atomic mass is 10.1. The lowest BCUT2D eigenvalue weighted by Crippen LogP contribution is -2.13. The van der Waals surface area contributed by atoms with Crippen molar-refractivity contribution in [1.82, 2.24) is 0 Å². The van der Waals surface area contributed by atoms with Gasteiger partial charge in [0.25, 0.3) is 0 Å². The fourth-order valence-electron chi connectivity index (χ4n) is 2.05. The first-order valence-electron chi connectivity index (χ1n) is 5.71. The number of hydrogen-bond acceptors (Lipinski definition) is 3. The van der Waals surface area contributed by atoms with Gasteiger partial charge in [-0.3, -0.25) is 0 Å². The van der Waals surface area contributed by atoms with Crippen molar-refractivity contribution in [3.05, 3.63) is 35.9 Å². The molecule has 0 bridgehead atoms. The van der Waals surface area contributed by atoms with Crippen molar-refractivity contribution in [2.75, 3.05) is 6.61 Å². The number of alkyl halides is 1. The van der Waals surface area contributed by atoms with Gasteiger partial charge in [-0.1, -0.05) is 18.2 Å². The van der Waals surface area contributed by atoms with Gasteiger partial charge in [0.15, 0.2) is 0 Å². The van der Waals surface area contributed by atoms with Crippen LogP contribution in [0.4, 0.5) is 4.39 Å². The number of benzene rings is 1. The molecule has 1 aromatic rings. The molecule has 1 aliphatic carbocycles. The molecular formula is C13H15FO3. The summed E-state index contributed by atoms with van der Waals surface area (Å²) >= 11 is 0. The zero-order chi connectivity index (χ0) is 12.3. The minimum atomic E-state index is -1.18. The average Bonchev–Trinajstić information content (AvgIpc) is 2.67. The summed E-state index contributed by atoms with van der Waals surface area (Å²) in [6.45, 7) is 0.172. The van der Waals surface area contributed by atoms with Crippen molar-refractivity contribution >= 4 is 5.97 Å². The van der Waals surface area contributed by atoms with Crippen LogP contribution in [0.3, 0.4) is 0 Å². The van der Waals surface area contributed by atoms with E-state index in [-0.39, 0.29) is 18.9 Å². The van der Waals surface area contributed by atoms with Crippen LogP contribution in [0.25, 0.3) is 0 Å². The summed E-state index contributed by atoms with van der Waals surface area (Å²) in [4.78, 5) is 11.6. The third-order valence-electron chi connectivity index (χ3n) is 3.01. The van der Waals surface area contributed by atoms with E-state index in [1.165, 1.54) is 0 Å². The van der Waals surface area contributed by atoms with Crippen LogP contribution in [-0.4, -0.2) is 30.0 Å². The Labute approximate surface area is 99.2 Å². The fraction of sp³-hybridized carbons (Fsp3) is 0.462. The van der Waals surface area contributed by atoms with Crippen molar-refractivity contribution in [3.8, 4) is 0 Å². The van der Waals surface area contributed by atoms with Crippen molar-refractivity contribution in [2.45, 2.75) is 25.1 Å². The number of carbonyl (C=O) groups is 1. The van der Waals surface area contributed by atoms with Gasteiger partial charge >= 0.3 is 5.97 Å². The van der Waals surface area contributed by atoms with Crippen molar-refractivity contribution in [3.63, 3.8) is 0 Å². The van der Waals surface area contributed by atoms with Crippen LogP contribution < -0.4 is 0 Å². The number of halogens is 1. The highest BCUT2D eigenvalue weighted by Gasteiger charge is 2.33. The number of hydrogen-bond donors (Lipinski definition) is 1. The second-order valence-electron chi connectivity index (χ2n) is 4.39. The molecule has 1 fully saturated rings. The lowest BCUT2D eigenvalue weighted by Gasteiger charge is -2.09. The Bertz CT molecular complexity index is 370. The van der Waals surface area contributed by atoms with E-state index in [0.717, 1.165) is 0 Å². The van der Waals surface area contributed by atoms with Gasteiger partial charge in [0.2, 0.25) is 0 Å². The highest BCUT2D eigenvalue weighted by atomic mass is 19.1. The minimum Gasteiger partial charge on any atom is -0.462 e. The summed E-state index contributed by atoms with van der Waals surface area (Å²) in [5.74, 6) is -0.477. The molecule has 0 spiro atoms. The summed E-state index contributed by atoms with van der Waals surface area (Å²) in [5, 5.41) is 9.23. The van der Waals surface area contributed by atoms with E-state index in [9.17, 15) is 14.3 Å². The van der Waals surface area contributed by atoms with Gasteiger partial charge in [-0.15, -0.1) is 0 Å². The molecule has 3 atom stereocenters. The second-order valence-corrected chi connectivity index (χ2v) is 4.39. The summed E-state index contributed by atoms with van der Waals surface area (Å²) in [5.41, 5.74) is 0.489. The number of aliphatic hydroxyl groups is 1. The highest BCUT2D eigenvalue weighted by Crippen LogP contribution is 2.28. The van der Waals surface area contributed by atoms with Crippen LogP contribution in [-0.2, 0) is 4.74 Å². The molecule has 0 saturated heterocycles. The molecule has 1 aliphatic rings. The summed E-state index contributed by atoms with van der Waals surface area (Å²) in [6.07, 6.45) is -1.46. The minimum absolute atomic E-state index is 0.0762. The van der Waals surface area contributed by atoms with Crippen LogP contribution in [0.1, 0.15) is 23.2 Å². The van der Waals surface area contributed by atoms with E-state index in [4.69, 9.17) is 4.74 Å². The van der Waals surface area contributed by atoms with E-state index in [1.54, 1.807) is 24.3 Å². The molecule has 92 valence electrons. The quantitative estimate of drug-likeness (QED) is 0.819. The number of ether oxygens (including phenoxy) is 1. The molecule has 2 rings (SSSR count). The Hall–Kier alpha value is -1.42. The Morgan fingerprint density at radius 1 is 1.35 bits per heavy atom. The van der Waals surface area contributed by atoms with Crippen molar-refractivity contribution < 1.29 is 19.0 Å². The third kappa shape index (κ3) is 3.03. The molecule has 4 heteroatoms. The molecule has 0 aliphatic heterocycles. The Morgan fingerprint density at radius 2 is 2.06 bits per heavy atom. The van der Waals surface area contributed by atoms with Gasteiger partial charge in [-0.05, 0) is 30.9 Å². The number of rotatable bonds is 3. The van der Waals surface area contributed by atoms with E-state index >= 15 is 0 Å². The number of esters is 1. The first kappa shape index (κ1) is 12.0. The lowest BCUT2D eigenvalue weighted by molar-refractivity contribution is 0.0431. The molecule has 0 radical (unpaired) electrons. The molecule has 1 N–H and O–H groups in total. The molecule has 0 heterocycles. The first-order valence-corrected chi connectivity index (χ1v) is 5.71. The van der Waals surface area contributed by atoms with Crippen LogP contribution in [0.5, 0.6) is 0 Å². The van der Waals surface area contributed by atoms with Gasteiger partial charge < -0.3 is 9.84 Å². The predicted octanol–water partition coefficient (Wildman–Crippen LogP) is 1.95.